The fraction of sp³-hybridized carbons (Fsp3) is 0.455. The zero-order valence-electron chi connectivity index (χ0n) is 8.13. The van der Waals surface area contributed by atoms with Crippen LogP contribution < -0.4 is 10.3 Å². The molecule has 0 radical (unpaired) electrons. The highest BCUT2D eigenvalue weighted by molar-refractivity contribution is 5.41. The van der Waals surface area contributed by atoms with Crippen molar-refractivity contribution < 1.29 is 4.84 Å². The van der Waals surface area contributed by atoms with Crippen molar-refractivity contribution in [2.45, 2.75) is 32.2 Å². The van der Waals surface area contributed by atoms with Gasteiger partial charge in [0.25, 0.3) is 0 Å². The van der Waals surface area contributed by atoms with Crippen LogP contribution in [0.3, 0.4) is 0 Å². The molecule has 1 aromatic carbocycles. The second-order valence-corrected chi connectivity index (χ2v) is 3.49. The van der Waals surface area contributed by atoms with E-state index < -0.39 is 0 Å². The first-order chi connectivity index (χ1) is 6.32. The first-order valence-corrected chi connectivity index (χ1v) is 4.86. The molecule has 0 saturated carbocycles. The maximum atomic E-state index is 5.45. The van der Waals surface area contributed by atoms with Gasteiger partial charge in [0.15, 0.2) is 5.75 Å². The Labute approximate surface area is 78.9 Å². The molecular formula is C11H15NO. The summed E-state index contributed by atoms with van der Waals surface area (Å²) in [7, 11) is 0. The molecule has 0 atom stereocenters. The average molecular weight is 177 g/mol. The van der Waals surface area contributed by atoms with Crippen LogP contribution in [0.25, 0.3) is 0 Å². The van der Waals surface area contributed by atoms with Gasteiger partial charge in [-0.15, -0.1) is 5.48 Å². The standard InChI is InChI=1S/C11H15NO/c1-3-11(4-2)9-7-5-6-8-10(9)13-12-11/h5-8,12H,3-4H2,1-2H3. The summed E-state index contributed by atoms with van der Waals surface area (Å²) in [6.07, 6.45) is 2.11. The van der Waals surface area contributed by atoms with E-state index in [1.165, 1.54) is 5.56 Å². The molecule has 0 amide bonds. The van der Waals surface area contributed by atoms with Gasteiger partial charge in [-0.2, -0.15) is 0 Å². The van der Waals surface area contributed by atoms with Gasteiger partial charge in [-0.25, -0.2) is 0 Å². The van der Waals surface area contributed by atoms with E-state index in [0.29, 0.717) is 0 Å². The van der Waals surface area contributed by atoms with Crippen LogP contribution in [0.5, 0.6) is 5.75 Å². The lowest BCUT2D eigenvalue weighted by molar-refractivity contribution is 0.121. The fourth-order valence-corrected chi connectivity index (χ4v) is 1.93. The lowest BCUT2D eigenvalue weighted by atomic mass is 9.86. The van der Waals surface area contributed by atoms with E-state index in [1.807, 2.05) is 12.1 Å². The highest BCUT2D eigenvalue weighted by Gasteiger charge is 2.36. The van der Waals surface area contributed by atoms with Crippen molar-refractivity contribution in [2.24, 2.45) is 0 Å². The van der Waals surface area contributed by atoms with Crippen LogP contribution in [0, 0.1) is 0 Å². The van der Waals surface area contributed by atoms with Crippen LogP contribution in [0.1, 0.15) is 32.3 Å². The van der Waals surface area contributed by atoms with Crippen molar-refractivity contribution in [1.29, 1.82) is 0 Å². The smallest absolute Gasteiger partial charge is 0.152 e. The topological polar surface area (TPSA) is 21.3 Å². The Morgan fingerprint density at radius 1 is 1.23 bits per heavy atom. The van der Waals surface area contributed by atoms with Crippen molar-refractivity contribution in [2.75, 3.05) is 0 Å². The zero-order chi connectivity index (χ0) is 9.31. The Bertz CT molecular complexity index is 305. The Morgan fingerprint density at radius 3 is 2.62 bits per heavy atom. The maximum Gasteiger partial charge on any atom is 0.152 e. The fourth-order valence-electron chi connectivity index (χ4n) is 1.93. The number of nitrogens with one attached hydrogen (secondary N) is 1. The largest absolute Gasteiger partial charge is 0.408 e. The van der Waals surface area contributed by atoms with E-state index in [1.54, 1.807) is 0 Å². The first-order valence-electron chi connectivity index (χ1n) is 4.86. The van der Waals surface area contributed by atoms with E-state index in [0.717, 1.165) is 18.6 Å². The molecule has 1 heterocycles. The van der Waals surface area contributed by atoms with Crippen molar-refractivity contribution in [3.05, 3.63) is 29.8 Å². The van der Waals surface area contributed by atoms with Gasteiger partial charge in [-0.05, 0) is 18.9 Å². The third kappa shape index (κ3) is 1.13. The van der Waals surface area contributed by atoms with Crippen molar-refractivity contribution in [1.82, 2.24) is 5.48 Å². The number of benzene rings is 1. The molecular weight excluding hydrogens is 162 g/mol. The minimum atomic E-state index is 0.0383. The second-order valence-electron chi connectivity index (χ2n) is 3.49. The molecule has 2 rings (SSSR count). The normalized spacial score (nSPS) is 18.0. The quantitative estimate of drug-likeness (QED) is 0.749. The number of fused-ring (bicyclic) bond motifs is 1. The molecule has 0 bridgehead atoms. The molecule has 1 aromatic rings. The SMILES string of the molecule is CCC1(CC)NOc2ccccc21. The van der Waals surface area contributed by atoms with Crippen molar-refractivity contribution in [3.63, 3.8) is 0 Å². The van der Waals surface area contributed by atoms with Crippen LogP contribution >= 0.6 is 0 Å². The minimum Gasteiger partial charge on any atom is -0.408 e. The van der Waals surface area contributed by atoms with Crippen LogP contribution in [0.15, 0.2) is 24.3 Å². The molecule has 1 aliphatic heterocycles. The van der Waals surface area contributed by atoms with E-state index >= 15 is 0 Å². The summed E-state index contributed by atoms with van der Waals surface area (Å²) in [6.45, 7) is 4.36. The molecule has 70 valence electrons. The summed E-state index contributed by atoms with van der Waals surface area (Å²) < 4.78 is 0. The van der Waals surface area contributed by atoms with Gasteiger partial charge in [0.1, 0.15) is 0 Å². The highest BCUT2D eigenvalue weighted by Crippen LogP contribution is 2.39. The minimum absolute atomic E-state index is 0.0383. The van der Waals surface area contributed by atoms with Crippen LogP contribution in [-0.2, 0) is 5.54 Å². The molecule has 0 saturated heterocycles. The van der Waals surface area contributed by atoms with E-state index in [9.17, 15) is 0 Å². The maximum absolute atomic E-state index is 5.45. The molecule has 2 nitrogen and oxygen atoms in total. The summed E-state index contributed by atoms with van der Waals surface area (Å²) in [5.74, 6) is 0.978. The Kier molecular flexibility index (Phi) is 2.00. The predicted molar refractivity (Wildman–Crippen MR) is 52.5 cm³/mol. The number of para-hydroxylation sites is 1. The second kappa shape index (κ2) is 3.04. The number of hydroxylamine groups is 1. The summed E-state index contributed by atoms with van der Waals surface area (Å²) in [6, 6.07) is 8.22. The Morgan fingerprint density at radius 2 is 1.92 bits per heavy atom. The Balaban J connectivity index is 2.47. The lowest BCUT2D eigenvalue weighted by Crippen LogP contribution is -2.37. The van der Waals surface area contributed by atoms with Gasteiger partial charge in [-0.1, -0.05) is 32.0 Å². The third-order valence-electron chi connectivity index (χ3n) is 2.97. The summed E-state index contributed by atoms with van der Waals surface area (Å²) in [4.78, 5) is 5.45. The number of hydrogen-bond acceptors (Lipinski definition) is 2. The molecule has 0 aliphatic carbocycles. The van der Waals surface area contributed by atoms with Crippen molar-refractivity contribution in [3.8, 4) is 5.75 Å². The molecule has 0 aromatic heterocycles. The van der Waals surface area contributed by atoms with E-state index in [-0.39, 0.29) is 5.54 Å². The Hall–Kier alpha value is -1.02. The molecule has 0 unspecified atom stereocenters. The monoisotopic (exact) mass is 177 g/mol. The molecule has 13 heavy (non-hydrogen) atoms. The first kappa shape index (κ1) is 8.57. The molecule has 1 N–H and O–H groups in total. The molecule has 2 heteroatoms. The third-order valence-corrected chi connectivity index (χ3v) is 2.97. The number of hydrogen-bond donors (Lipinski definition) is 1. The van der Waals surface area contributed by atoms with Gasteiger partial charge in [0.2, 0.25) is 0 Å². The van der Waals surface area contributed by atoms with Crippen LogP contribution in [-0.4, -0.2) is 0 Å². The molecule has 1 aliphatic rings. The summed E-state index contributed by atoms with van der Waals surface area (Å²) in [5, 5.41) is 0. The van der Waals surface area contributed by atoms with Gasteiger partial charge in [0.05, 0.1) is 5.54 Å². The average Bonchev–Trinajstić information content (AvgIpc) is 2.58. The summed E-state index contributed by atoms with van der Waals surface area (Å²) in [5.41, 5.74) is 4.46. The van der Waals surface area contributed by atoms with Gasteiger partial charge < -0.3 is 4.84 Å². The molecule has 0 fully saturated rings. The van der Waals surface area contributed by atoms with E-state index in [2.05, 4.69) is 31.5 Å². The lowest BCUT2D eigenvalue weighted by Gasteiger charge is -2.24. The van der Waals surface area contributed by atoms with Gasteiger partial charge in [0, 0.05) is 5.56 Å². The highest BCUT2D eigenvalue weighted by atomic mass is 16.7. The zero-order valence-corrected chi connectivity index (χ0v) is 8.13. The summed E-state index contributed by atoms with van der Waals surface area (Å²) >= 11 is 0. The van der Waals surface area contributed by atoms with Crippen molar-refractivity contribution >= 4 is 0 Å². The van der Waals surface area contributed by atoms with Gasteiger partial charge in [-0.3, -0.25) is 0 Å². The predicted octanol–water partition coefficient (Wildman–Crippen LogP) is 2.60. The van der Waals surface area contributed by atoms with Crippen LogP contribution in [0.4, 0.5) is 0 Å². The van der Waals surface area contributed by atoms with Crippen LogP contribution in [0.2, 0.25) is 0 Å². The van der Waals surface area contributed by atoms with Gasteiger partial charge >= 0.3 is 0 Å². The number of rotatable bonds is 2. The molecule has 0 spiro atoms. The van der Waals surface area contributed by atoms with E-state index in [4.69, 9.17) is 4.84 Å².